The summed E-state index contributed by atoms with van der Waals surface area (Å²) in [6.45, 7) is 5.37. The average Bonchev–Trinajstić information content (AvgIpc) is 3.50. The van der Waals surface area contributed by atoms with E-state index in [9.17, 15) is 13.2 Å². The van der Waals surface area contributed by atoms with Gasteiger partial charge in [-0.2, -0.15) is 0 Å². The number of carbonyl (C=O) groups excluding carboxylic acids is 1. The zero-order valence-electron chi connectivity index (χ0n) is 21.2. The molecule has 5 rings (SSSR count). The summed E-state index contributed by atoms with van der Waals surface area (Å²) in [5, 5.41) is 13.6. The fourth-order valence-electron chi connectivity index (χ4n) is 6.38. The van der Waals surface area contributed by atoms with Gasteiger partial charge in [0.1, 0.15) is 0 Å². The lowest BCUT2D eigenvalue weighted by Gasteiger charge is -2.43. The van der Waals surface area contributed by atoms with Gasteiger partial charge in [-0.05, 0) is 43.8 Å². The molecule has 36 heavy (non-hydrogen) atoms. The third kappa shape index (κ3) is 6.63. The second kappa shape index (κ2) is 11.4. The molecule has 6 unspecified atom stereocenters. The first-order valence-electron chi connectivity index (χ1n) is 13.3. The summed E-state index contributed by atoms with van der Waals surface area (Å²) in [5.41, 5.74) is 5.09. The highest BCUT2D eigenvalue weighted by Crippen LogP contribution is 2.29. The van der Waals surface area contributed by atoms with Crippen LogP contribution in [0.1, 0.15) is 24.8 Å². The van der Waals surface area contributed by atoms with Crippen molar-refractivity contribution in [2.24, 2.45) is 11.8 Å². The van der Waals surface area contributed by atoms with E-state index in [1.807, 2.05) is 11.0 Å². The van der Waals surface area contributed by atoms with E-state index >= 15 is 0 Å². The summed E-state index contributed by atoms with van der Waals surface area (Å²) in [7, 11) is -3.41. The second-order valence-electron chi connectivity index (χ2n) is 10.9. The lowest BCUT2D eigenvalue weighted by atomic mass is 9.85. The summed E-state index contributed by atoms with van der Waals surface area (Å²) >= 11 is 0. The molecule has 4 saturated heterocycles. The Kier molecular flexibility index (Phi) is 8.26. The maximum Gasteiger partial charge on any atom is 0.237 e. The van der Waals surface area contributed by atoms with Crippen molar-refractivity contribution in [2.75, 3.05) is 52.1 Å². The standard InChI is InChI=1S/C25H41N7O3S/c1-36(34,35)27-14-24(33)31-16-20-22(17-31)28-23(12-18-6-3-2-4-7-18)29-25(20)21-9-11-32(30-21)15-19-8-5-10-26-13-19/h2-4,6-7,19-23,25-30H,5,8-17H2,1H3. The number of benzene rings is 1. The molecule has 0 bridgehead atoms. The molecule has 1 amide bonds. The van der Waals surface area contributed by atoms with E-state index in [1.54, 1.807) is 0 Å². The molecule has 4 fully saturated rings. The van der Waals surface area contributed by atoms with Gasteiger partial charge in [-0.3, -0.25) is 20.9 Å². The molecule has 10 nitrogen and oxygen atoms in total. The first-order chi connectivity index (χ1) is 17.3. The van der Waals surface area contributed by atoms with Crippen LogP contribution in [0.3, 0.4) is 0 Å². The van der Waals surface area contributed by atoms with Crippen LogP contribution >= 0.6 is 0 Å². The molecule has 1 aromatic rings. The van der Waals surface area contributed by atoms with Gasteiger partial charge in [0.25, 0.3) is 0 Å². The van der Waals surface area contributed by atoms with Crippen molar-refractivity contribution in [3.8, 4) is 0 Å². The number of piperidine rings is 1. The summed E-state index contributed by atoms with van der Waals surface area (Å²) in [6.07, 6.45) is 5.67. The van der Waals surface area contributed by atoms with E-state index in [1.165, 1.54) is 18.4 Å². The summed E-state index contributed by atoms with van der Waals surface area (Å²) in [6, 6.07) is 11.2. The Hall–Kier alpha value is -1.60. The minimum absolute atomic E-state index is 0.112. The molecule has 5 N–H and O–H groups in total. The molecule has 1 aromatic carbocycles. The minimum atomic E-state index is -3.41. The summed E-state index contributed by atoms with van der Waals surface area (Å²) in [4.78, 5) is 14.7. The highest BCUT2D eigenvalue weighted by Gasteiger charge is 2.48. The molecule has 0 aliphatic carbocycles. The number of likely N-dealkylation sites (tertiary alicyclic amines) is 1. The Bertz CT molecular complexity index is 989. The fraction of sp³-hybridized carbons (Fsp3) is 0.720. The molecule has 4 aliphatic rings. The van der Waals surface area contributed by atoms with Crippen molar-refractivity contribution >= 4 is 15.9 Å². The topological polar surface area (TPSA) is 118 Å². The molecule has 4 aliphatic heterocycles. The number of carbonyl (C=O) groups is 1. The Morgan fingerprint density at radius 3 is 2.69 bits per heavy atom. The fourth-order valence-corrected chi connectivity index (χ4v) is 6.76. The number of sulfonamides is 1. The van der Waals surface area contributed by atoms with Crippen LogP contribution in [0.5, 0.6) is 0 Å². The van der Waals surface area contributed by atoms with Crippen molar-refractivity contribution in [3.05, 3.63) is 35.9 Å². The van der Waals surface area contributed by atoms with Crippen LogP contribution in [0.25, 0.3) is 0 Å². The molecule has 11 heteroatoms. The number of rotatable bonds is 8. The van der Waals surface area contributed by atoms with Crippen molar-refractivity contribution in [2.45, 2.75) is 50.0 Å². The Labute approximate surface area is 215 Å². The van der Waals surface area contributed by atoms with E-state index in [4.69, 9.17) is 0 Å². The minimum Gasteiger partial charge on any atom is -0.340 e. The van der Waals surface area contributed by atoms with Crippen LogP contribution in [0.4, 0.5) is 0 Å². The maximum absolute atomic E-state index is 12.8. The lowest BCUT2D eigenvalue weighted by molar-refractivity contribution is -0.129. The van der Waals surface area contributed by atoms with Gasteiger partial charge in [0.2, 0.25) is 15.9 Å². The van der Waals surface area contributed by atoms with Crippen LogP contribution in [0, 0.1) is 11.8 Å². The molecule has 0 radical (unpaired) electrons. The Morgan fingerprint density at radius 2 is 1.94 bits per heavy atom. The summed E-state index contributed by atoms with van der Waals surface area (Å²) in [5.74, 6) is 0.778. The smallest absolute Gasteiger partial charge is 0.237 e. The third-order valence-electron chi connectivity index (χ3n) is 8.13. The maximum atomic E-state index is 12.8. The molecule has 0 spiro atoms. The number of hydrogen-bond acceptors (Lipinski definition) is 8. The third-order valence-corrected chi connectivity index (χ3v) is 8.79. The van der Waals surface area contributed by atoms with Crippen LogP contribution in [0.2, 0.25) is 0 Å². The van der Waals surface area contributed by atoms with Gasteiger partial charge in [0, 0.05) is 56.6 Å². The largest absolute Gasteiger partial charge is 0.340 e. The molecule has 4 heterocycles. The first-order valence-corrected chi connectivity index (χ1v) is 15.2. The predicted octanol–water partition coefficient (Wildman–Crippen LogP) is -0.929. The molecule has 6 atom stereocenters. The van der Waals surface area contributed by atoms with Crippen molar-refractivity contribution in [3.63, 3.8) is 0 Å². The second-order valence-corrected chi connectivity index (χ2v) is 12.8. The lowest BCUT2D eigenvalue weighted by Crippen LogP contribution is -2.68. The van der Waals surface area contributed by atoms with Gasteiger partial charge >= 0.3 is 0 Å². The van der Waals surface area contributed by atoms with E-state index in [-0.39, 0.29) is 36.6 Å². The predicted molar refractivity (Wildman–Crippen MR) is 139 cm³/mol. The molecule has 200 valence electrons. The Morgan fingerprint density at radius 1 is 1.11 bits per heavy atom. The molecular weight excluding hydrogens is 478 g/mol. The van der Waals surface area contributed by atoms with Crippen molar-refractivity contribution in [1.82, 2.24) is 36.0 Å². The van der Waals surface area contributed by atoms with E-state index in [2.05, 4.69) is 55.4 Å². The number of hydrogen-bond donors (Lipinski definition) is 5. The van der Waals surface area contributed by atoms with Crippen molar-refractivity contribution < 1.29 is 13.2 Å². The van der Waals surface area contributed by atoms with Crippen LogP contribution in [-0.2, 0) is 21.2 Å². The van der Waals surface area contributed by atoms with Gasteiger partial charge in [0.15, 0.2) is 0 Å². The van der Waals surface area contributed by atoms with E-state index < -0.39 is 10.0 Å². The normalized spacial score (nSPS) is 33.5. The van der Waals surface area contributed by atoms with E-state index in [0.717, 1.165) is 45.3 Å². The summed E-state index contributed by atoms with van der Waals surface area (Å²) < 4.78 is 25.3. The van der Waals surface area contributed by atoms with Gasteiger partial charge in [-0.25, -0.2) is 18.1 Å². The van der Waals surface area contributed by atoms with Gasteiger partial charge in [-0.15, -0.1) is 0 Å². The van der Waals surface area contributed by atoms with Gasteiger partial charge < -0.3 is 10.2 Å². The molecular formula is C25H41N7O3S. The van der Waals surface area contributed by atoms with E-state index in [0.29, 0.717) is 25.0 Å². The zero-order valence-corrected chi connectivity index (χ0v) is 22.0. The van der Waals surface area contributed by atoms with Gasteiger partial charge in [0.05, 0.1) is 19.0 Å². The Balaban J connectivity index is 1.26. The zero-order chi connectivity index (χ0) is 25.1. The number of nitrogens with one attached hydrogen (secondary N) is 5. The van der Waals surface area contributed by atoms with Gasteiger partial charge in [-0.1, -0.05) is 30.3 Å². The number of amides is 1. The number of hydrazine groups is 1. The van der Waals surface area contributed by atoms with Crippen molar-refractivity contribution in [1.29, 1.82) is 0 Å². The number of fused-ring (bicyclic) bond motifs is 1. The average molecular weight is 520 g/mol. The molecule has 0 aromatic heterocycles. The highest BCUT2D eigenvalue weighted by molar-refractivity contribution is 7.88. The quantitative estimate of drug-likeness (QED) is 0.299. The monoisotopic (exact) mass is 519 g/mol. The number of nitrogens with zero attached hydrogens (tertiary/aromatic N) is 2. The van der Waals surface area contributed by atoms with Crippen LogP contribution < -0.4 is 26.1 Å². The molecule has 0 saturated carbocycles. The highest BCUT2D eigenvalue weighted by atomic mass is 32.2. The SMILES string of the molecule is CS(=O)(=O)NCC(=O)N1CC2NC(Cc3ccccc3)NC(C3CCN(CC4CCCNC4)N3)C2C1. The first kappa shape index (κ1) is 26.0. The van der Waals surface area contributed by atoms with Crippen LogP contribution in [0.15, 0.2) is 30.3 Å². The van der Waals surface area contributed by atoms with Crippen LogP contribution in [-0.4, -0.2) is 101 Å².